The first kappa shape index (κ1) is 23.3. The molecule has 8 heteroatoms. The summed E-state index contributed by atoms with van der Waals surface area (Å²) >= 11 is 1.19. The van der Waals surface area contributed by atoms with E-state index >= 15 is 0 Å². The third-order valence-electron chi connectivity index (χ3n) is 4.83. The van der Waals surface area contributed by atoms with E-state index in [1.54, 1.807) is 0 Å². The number of carbonyl (C=O) groups is 3. The van der Waals surface area contributed by atoms with Crippen LogP contribution in [0, 0.1) is 17.6 Å². The molecule has 1 aliphatic rings. The largest absolute Gasteiger partial charge is 0.345 e. The normalized spacial score (nSPS) is 17.9. The third-order valence-corrected chi connectivity index (χ3v) is 5.79. The number of nitrogens with zero attached hydrogens (tertiary/aromatic N) is 1. The average molecular weight is 427 g/mol. The lowest BCUT2D eigenvalue weighted by molar-refractivity contribution is -0.131. The summed E-state index contributed by atoms with van der Waals surface area (Å²) in [6, 6.07) is 2.82. The Kier molecular flexibility index (Phi) is 8.19. The van der Waals surface area contributed by atoms with Crippen LogP contribution in [0.25, 0.3) is 0 Å². The van der Waals surface area contributed by atoms with E-state index in [-0.39, 0.29) is 53.0 Å². The molecule has 2 amide bonds. The lowest BCUT2D eigenvalue weighted by Gasteiger charge is -2.26. The third kappa shape index (κ3) is 6.26. The van der Waals surface area contributed by atoms with Crippen LogP contribution < -0.4 is 5.32 Å². The highest BCUT2D eigenvalue weighted by atomic mass is 32.2. The van der Waals surface area contributed by atoms with Crippen LogP contribution in [0.3, 0.4) is 0 Å². The fraction of sp³-hybridized carbons (Fsp3) is 0.571. The van der Waals surface area contributed by atoms with Gasteiger partial charge in [-0.15, -0.1) is 0 Å². The van der Waals surface area contributed by atoms with E-state index < -0.39 is 23.7 Å². The molecule has 2 rings (SSSR count). The number of benzene rings is 1. The first-order valence-corrected chi connectivity index (χ1v) is 10.7. The molecule has 0 bridgehead atoms. The van der Waals surface area contributed by atoms with Gasteiger partial charge in [0.2, 0.25) is 16.9 Å². The maximum absolute atomic E-state index is 14.0. The van der Waals surface area contributed by atoms with Gasteiger partial charge >= 0.3 is 0 Å². The van der Waals surface area contributed by atoms with Gasteiger partial charge in [0.1, 0.15) is 6.04 Å². The number of amides is 2. The lowest BCUT2D eigenvalue weighted by Crippen LogP contribution is -2.46. The molecule has 1 aromatic carbocycles. The lowest BCUT2D eigenvalue weighted by atomic mass is 10.0. The SMILES string of the molecule is CC(C)SC(=O)[C@@H](NC(=O)C[C@@H]1CCC(=O)N1Cc1cccc(F)c1F)C(C)C. The van der Waals surface area contributed by atoms with Gasteiger partial charge < -0.3 is 10.2 Å². The van der Waals surface area contributed by atoms with Crippen LogP contribution in [0.4, 0.5) is 8.78 Å². The minimum Gasteiger partial charge on any atom is -0.345 e. The molecule has 1 N–H and O–H groups in total. The highest BCUT2D eigenvalue weighted by molar-refractivity contribution is 8.14. The summed E-state index contributed by atoms with van der Waals surface area (Å²) in [6.45, 7) is 7.46. The molecule has 0 saturated carbocycles. The molecule has 0 aliphatic carbocycles. The zero-order valence-electron chi connectivity index (χ0n) is 17.2. The van der Waals surface area contributed by atoms with Gasteiger partial charge in [0.15, 0.2) is 11.6 Å². The summed E-state index contributed by atoms with van der Waals surface area (Å²) in [5.74, 6) is -2.54. The zero-order chi connectivity index (χ0) is 21.7. The Morgan fingerprint density at radius 1 is 1.24 bits per heavy atom. The van der Waals surface area contributed by atoms with Crippen LogP contribution in [0.2, 0.25) is 0 Å². The molecule has 1 aromatic rings. The second-order valence-electron chi connectivity index (χ2n) is 7.91. The van der Waals surface area contributed by atoms with E-state index in [0.29, 0.717) is 6.42 Å². The Morgan fingerprint density at radius 3 is 2.55 bits per heavy atom. The second kappa shape index (κ2) is 10.2. The molecular formula is C21H28F2N2O3S. The quantitative estimate of drug-likeness (QED) is 0.689. The highest BCUT2D eigenvalue weighted by Gasteiger charge is 2.34. The zero-order valence-corrected chi connectivity index (χ0v) is 18.0. The first-order chi connectivity index (χ1) is 13.6. The maximum atomic E-state index is 14.0. The predicted octanol–water partition coefficient (Wildman–Crippen LogP) is 3.65. The molecule has 1 aliphatic heterocycles. The van der Waals surface area contributed by atoms with Gasteiger partial charge in [0.05, 0.1) is 0 Å². The molecule has 0 spiro atoms. The van der Waals surface area contributed by atoms with Crippen LogP contribution in [0.15, 0.2) is 18.2 Å². The van der Waals surface area contributed by atoms with Crippen molar-refractivity contribution in [3.8, 4) is 0 Å². The van der Waals surface area contributed by atoms with E-state index in [1.807, 2.05) is 27.7 Å². The average Bonchev–Trinajstić information content (AvgIpc) is 2.95. The summed E-state index contributed by atoms with van der Waals surface area (Å²) in [7, 11) is 0. The van der Waals surface area contributed by atoms with Gasteiger partial charge in [0.25, 0.3) is 0 Å². The summed E-state index contributed by atoms with van der Waals surface area (Å²) in [6.07, 6.45) is 0.736. The van der Waals surface area contributed by atoms with Crippen LogP contribution in [-0.4, -0.2) is 39.2 Å². The standard InChI is InChI=1S/C21H28F2N2O3S/c1-12(2)20(21(28)29-13(3)4)24-17(26)10-15-8-9-18(27)25(15)11-14-6-5-7-16(22)19(14)23/h5-7,12-13,15,20H,8-11H2,1-4H3,(H,24,26)/t15-,20-/m0/s1. The van der Waals surface area contributed by atoms with Gasteiger partial charge in [-0.3, -0.25) is 14.4 Å². The molecular weight excluding hydrogens is 398 g/mol. The van der Waals surface area contributed by atoms with E-state index in [9.17, 15) is 23.2 Å². The summed E-state index contributed by atoms with van der Waals surface area (Å²) in [4.78, 5) is 38.7. The Bertz CT molecular complexity index is 770. The van der Waals surface area contributed by atoms with Crippen molar-refractivity contribution in [1.29, 1.82) is 0 Å². The molecule has 5 nitrogen and oxygen atoms in total. The Morgan fingerprint density at radius 2 is 1.93 bits per heavy atom. The summed E-state index contributed by atoms with van der Waals surface area (Å²) in [5.41, 5.74) is 0.0780. The van der Waals surface area contributed by atoms with Crippen LogP contribution >= 0.6 is 11.8 Å². The summed E-state index contributed by atoms with van der Waals surface area (Å²) < 4.78 is 27.5. The molecule has 0 radical (unpaired) electrons. The van der Waals surface area contributed by atoms with Crippen LogP contribution in [0.1, 0.15) is 52.5 Å². The Hall–Kier alpha value is -1.96. The molecule has 0 unspecified atom stereocenters. The molecule has 29 heavy (non-hydrogen) atoms. The van der Waals surface area contributed by atoms with Crippen molar-refractivity contribution >= 4 is 28.7 Å². The molecule has 160 valence electrons. The minimum absolute atomic E-state index is 0.0194. The number of likely N-dealkylation sites (tertiary alicyclic amines) is 1. The van der Waals surface area contributed by atoms with Gasteiger partial charge in [0, 0.05) is 36.2 Å². The molecule has 1 fully saturated rings. The first-order valence-electron chi connectivity index (χ1n) is 9.82. The van der Waals surface area contributed by atoms with Crippen molar-refractivity contribution in [2.24, 2.45) is 5.92 Å². The fourth-order valence-corrected chi connectivity index (χ4v) is 4.27. The van der Waals surface area contributed by atoms with Crippen molar-refractivity contribution in [1.82, 2.24) is 10.2 Å². The number of nitrogens with one attached hydrogen (secondary N) is 1. The summed E-state index contributed by atoms with van der Waals surface area (Å²) in [5, 5.41) is 2.81. The molecule has 1 heterocycles. The number of carbonyl (C=O) groups excluding carboxylic acids is 3. The van der Waals surface area contributed by atoms with Gasteiger partial charge in [-0.05, 0) is 18.4 Å². The van der Waals surface area contributed by atoms with Gasteiger partial charge in [-0.1, -0.05) is 51.6 Å². The van der Waals surface area contributed by atoms with Gasteiger partial charge in [-0.25, -0.2) is 8.78 Å². The van der Waals surface area contributed by atoms with Gasteiger partial charge in [-0.2, -0.15) is 0 Å². The Labute approximate surface area is 174 Å². The minimum atomic E-state index is -0.980. The van der Waals surface area contributed by atoms with Crippen molar-refractivity contribution in [2.45, 2.75) is 70.8 Å². The smallest absolute Gasteiger partial charge is 0.223 e. The number of hydrogen-bond donors (Lipinski definition) is 1. The topological polar surface area (TPSA) is 66.5 Å². The van der Waals surface area contributed by atoms with Crippen molar-refractivity contribution in [2.75, 3.05) is 0 Å². The fourth-order valence-electron chi connectivity index (χ4n) is 3.33. The molecule has 2 atom stereocenters. The number of halogens is 2. The van der Waals surface area contributed by atoms with Crippen molar-refractivity contribution < 1.29 is 23.2 Å². The van der Waals surface area contributed by atoms with E-state index in [0.717, 1.165) is 6.07 Å². The van der Waals surface area contributed by atoms with Crippen molar-refractivity contribution in [3.05, 3.63) is 35.4 Å². The second-order valence-corrected chi connectivity index (χ2v) is 9.49. The molecule has 1 saturated heterocycles. The van der Waals surface area contributed by atoms with E-state index in [1.165, 1.54) is 28.8 Å². The predicted molar refractivity (Wildman–Crippen MR) is 109 cm³/mol. The van der Waals surface area contributed by atoms with E-state index in [2.05, 4.69) is 5.32 Å². The number of hydrogen-bond acceptors (Lipinski definition) is 4. The van der Waals surface area contributed by atoms with Crippen LogP contribution in [-0.2, 0) is 20.9 Å². The van der Waals surface area contributed by atoms with Crippen molar-refractivity contribution in [3.63, 3.8) is 0 Å². The number of rotatable bonds is 8. The maximum Gasteiger partial charge on any atom is 0.223 e. The van der Waals surface area contributed by atoms with Crippen LogP contribution in [0.5, 0.6) is 0 Å². The number of thioether (sulfide) groups is 1. The Balaban J connectivity index is 2.04. The van der Waals surface area contributed by atoms with E-state index in [4.69, 9.17) is 0 Å². The highest BCUT2D eigenvalue weighted by Crippen LogP contribution is 2.26. The molecule has 0 aromatic heterocycles. The monoisotopic (exact) mass is 426 g/mol.